The van der Waals surface area contributed by atoms with Gasteiger partial charge in [0.25, 0.3) is 0 Å². The molecule has 0 unspecified atom stereocenters. The molecule has 1 aliphatic rings. The molecule has 98 valence electrons. The van der Waals surface area contributed by atoms with E-state index in [2.05, 4.69) is 61.5 Å². The van der Waals surface area contributed by atoms with Gasteiger partial charge in [0.15, 0.2) is 0 Å². The lowest BCUT2D eigenvalue weighted by atomic mass is 10.2. The average molecular weight is 318 g/mol. The van der Waals surface area contributed by atoms with Gasteiger partial charge in [-0.1, -0.05) is 12.1 Å². The van der Waals surface area contributed by atoms with Crippen LogP contribution in [0.1, 0.15) is 12.0 Å². The fraction of sp³-hybridized carbons (Fsp3) is 0.267. The molecule has 3 nitrogen and oxygen atoms in total. The molecule has 0 spiro atoms. The third kappa shape index (κ3) is 2.89. The molecule has 0 saturated heterocycles. The van der Waals surface area contributed by atoms with E-state index in [1.54, 1.807) is 0 Å². The molecule has 0 fully saturated rings. The van der Waals surface area contributed by atoms with Crippen molar-refractivity contribution in [3.05, 3.63) is 52.8 Å². The van der Waals surface area contributed by atoms with Gasteiger partial charge in [-0.05, 0) is 46.1 Å². The van der Waals surface area contributed by atoms with Gasteiger partial charge < -0.3 is 10.2 Å². The highest BCUT2D eigenvalue weighted by molar-refractivity contribution is 9.10. The first-order valence-corrected chi connectivity index (χ1v) is 7.29. The molecule has 1 aromatic carbocycles. The molecule has 1 N–H and O–H groups in total. The Morgan fingerprint density at radius 1 is 1.26 bits per heavy atom. The van der Waals surface area contributed by atoms with E-state index < -0.39 is 0 Å². The van der Waals surface area contributed by atoms with E-state index in [0.717, 1.165) is 30.5 Å². The summed E-state index contributed by atoms with van der Waals surface area (Å²) in [5.41, 5.74) is 3.73. The second kappa shape index (κ2) is 5.61. The zero-order chi connectivity index (χ0) is 13.1. The van der Waals surface area contributed by atoms with E-state index >= 15 is 0 Å². The van der Waals surface area contributed by atoms with Gasteiger partial charge in [-0.3, -0.25) is 4.98 Å². The monoisotopic (exact) mass is 317 g/mol. The normalized spacial score (nSPS) is 14.5. The molecule has 0 radical (unpaired) electrons. The van der Waals surface area contributed by atoms with Crippen LogP contribution >= 0.6 is 15.9 Å². The molecule has 2 heterocycles. The van der Waals surface area contributed by atoms with Crippen LogP contribution in [0.25, 0.3) is 0 Å². The molecule has 0 bridgehead atoms. The molecule has 19 heavy (non-hydrogen) atoms. The Kier molecular flexibility index (Phi) is 3.69. The number of fused-ring (bicyclic) bond motifs is 1. The van der Waals surface area contributed by atoms with Crippen LogP contribution in [-0.2, 0) is 6.54 Å². The third-order valence-electron chi connectivity index (χ3n) is 3.30. The number of nitrogens with zero attached hydrogens (tertiary/aromatic N) is 2. The van der Waals surface area contributed by atoms with Gasteiger partial charge in [0.2, 0.25) is 0 Å². The first-order valence-electron chi connectivity index (χ1n) is 6.50. The van der Waals surface area contributed by atoms with Crippen molar-refractivity contribution in [1.29, 1.82) is 0 Å². The number of hydrogen-bond acceptors (Lipinski definition) is 3. The molecule has 0 amide bonds. The Bertz CT molecular complexity index is 571. The molecule has 0 aliphatic carbocycles. The molecule has 2 aromatic rings. The Labute approximate surface area is 121 Å². The Balaban J connectivity index is 1.88. The van der Waals surface area contributed by atoms with Gasteiger partial charge in [-0.15, -0.1) is 0 Å². The number of pyridine rings is 1. The summed E-state index contributed by atoms with van der Waals surface area (Å²) < 4.78 is 1.03. The highest BCUT2D eigenvalue weighted by atomic mass is 79.9. The van der Waals surface area contributed by atoms with Crippen LogP contribution in [0.2, 0.25) is 0 Å². The molecule has 1 aromatic heterocycles. The van der Waals surface area contributed by atoms with Crippen LogP contribution in [-0.4, -0.2) is 18.1 Å². The van der Waals surface area contributed by atoms with Crippen molar-refractivity contribution in [3.8, 4) is 0 Å². The van der Waals surface area contributed by atoms with Gasteiger partial charge in [0.1, 0.15) is 0 Å². The smallest absolute Gasteiger partial charge is 0.0605 e. The van der Waals surface area contributed by atoms with Gasteiger partial charge in [0.05, 0.1) is 11.4 Å². The zero-order valence-electron chi connectivity index (χ0n) is 10.6. The fourth-order valence-electron chi connectivity index (χ4n) is 2.44. The minimum absolute atomic E-state index is 0.894. The number of benzene rings is 1. The minimum atomic E-state index is 0.894. The lowest BCUT2D eigenvalue weighted by Crippen LogP contribution is -2.23. The zero-order valence-corrected chi connectivity index (χ0v) is 12.2. The molecule has 0 atom stereocenters. The highest BCUT2D eigenvalue weighted by Gasteiger charge is 2.14. The number of aromatic nitrogens is 1. The average Bonchev–Trinajstić information content (AvgIpc) is 2.62. The van der Waals surface area contributed by atoms with Gasteiger partial charge in [-0.2, -0.15) is 0 Å². The first-order chi connectivity index (χ1) is 9.33. The van der Waals surface area contributed by atoms with Crippen LogP contribution in [0.4, 0.5) is 11.4 Å². The van der Waals surface area contributed by atoms with Crippen molar-refractivity contribution in [2.75, 3.05) is 23.3 Å². The number of nitrogens with one attached hydrogen (secondary N) is 1. The maximum atomic E-state index is 4.24. The predicted octanol–water partition coefficient (Wildman–Crippen LogP) is 3.67. The number of para-hydroxylation sites is 2. The molecule has 3 rings (SSSR count). The molecule has 0 saturated carbocycles. The summed E-state index contributed by atoms with van der Waals surface area (Å²) in [6, 6.07) is 10.6. The quantitative estimate of drug-likeness (QED) is 0.916. The summed E-state index contributed by atoms with van der Waals surface area (Å²) >= 11 is 3.48. The van der Waals surface area contributed by atoms with Crippen LogP contribution < -0.4 is 10.2 Å². The summed E-state index contributed by atoms with van der Waals surface area (Å²) in [6.45, 7) is 2.99. The SMILES string of the molecule is Brc1cncc(CN2CCCNc3ccccc32)c1. The van der Waals surface area contributed by atoms with E-state index in [1.807, 2.05) is 12.4 Å². The molecular weight excluding hydrogens is 302 g/mol. The standard InChI is InChI=1S/C15H16BrN3/c16-13-8-12(9-17-10-13)11-19-7-3-6-18-14-4-1-2-5-15(14)19/h1-2,4-5,8-10,18H,3,6-7,11H2. The second-order valence-electron chi connectivity index (χ2n) is 4.73. The van der Waals surface area contributed by atoms with E-state index in [1.165, 1.54) is 16.9 Å². The van der Waals surface area contributed by atoms with Crippen molar-refractivity contribution in [2.45, 2.75) is 13.0 Å². The van der Waals surface area contributed by atoms with Crippen molar-refractivity contribution < 1.29 is 0 Å². The molecule has 4 heteroatoms. The Hall–Kier alpha value is -1.55. The van der Waals surface area contributed by atoms with Crippen LogP contribution in [0.15, 0.2) is 47.2 Å². The van der Waals surface area contributed by atoms with Crippen LogP contribution in [0.3, 0.4) is 0 Å². The third-order valence-corrected chi connectivity index (χ3v) is 3.73. The van der Waals surface area contributed by atoms with E-state index in [4.69, 9.17) is 0 Å². The lowest BCUT2D eigenvalue weighted by Gasteiger charge is -2.24. The van der Waals surface area contributed by atoms with Crippen molar-refractivity contribution in [2.24, 2.45) is 0 Å². The number of anilines is 2. The number of rotatable bonds is 2. The summed E-state index contributed by atoms with van der Waals surface area (Å²) in [5, 5.41) is 3.49. The number of halogens is 1. The Morgan fingerprint density at radius 3 is 3.05 bits per heavy atom. The topological polar surface area (TPSA) is 28.2 Å². The van der Waals surface area contributed by atoms with Crippen LogP contribution in [0.5, 0.6) is 0 Å². The van der Waals surface area contributed by atoms with E-state index in [9.17, 15) is 0 Å². The van der Waals surface area contributed by atoms with Crippen molar-refractivity contribution in [1.82, 2.24) is 4.98 Å². The molecular formula is C15H16BrN3. The summed E-state index contributed by atoms with van der Waals surface area (Å²) in [7, 11) is 0. The largest absolute Gasteiger partial charge is 0.383 e. The van der Waals surface area contributed by atoms with Crippen molar-refractivity contribution in [3.63, 3.8) is 0 Å². The first kappa shape index (κ1) is 12.5. The molecule has 1 aliphatic heterocycles. The van der Waals surface area contributed by atoms with Gasteiger partial charge >= 0.3 is 0 Å². The van der Waals surface area contributed by atoms with Crippen LogP contribution in [0, 0.1) is 0 Å². The Morgan fingerprint density at radius 2 is 2.16 bits per heavy atom. The fourth-order valence-corrected chi connectivity index (χ4v) is 2.85. The second-order valence-corrected chi connectivity index (χ2v) is 5.65. The number of hydrogen-bond donors (Lipinski definition) is 1. The van der Waals surface area contributed by atoms with E-state index in [-0.39, 0.29) is 0 Å². The van der Waals surface area contributed by atoms with E-state index in [0.29, 0.717) is 0 Å². The maximum absolute atomic E-state index is 4.24. The highest BCUT2D eigenvalue weighted by Crippen LogP contribution is 2.29. The minimum Gasteiger partial charge on any atom is -0.383 e. The van der Waals surface area contributed by atoms with Gasteiger partial charge in [-0.25, -0.2) is 0 Å². The maximum Gasteiger partial charge on any atom is 0.0605 e. The summed E-state index contributed by atoms with van der Waals surface area (Å²) in [5.74, 6) is 0. The summed E-state index contributed by atoms with van der Waals surface area (Å²) in [6.07, 6.45) is 4.91. The van der Waals surface area contributed by atoms with Gasteiger partial charge in [0, 0.05) is 36.5 Å². The summed E-state index contributed by atoms with van der Waals surface area (Å²) in [4.78, 5) is 6.66. The van der Waals surface area contributed by atoms with Crippen molar-refractivity contribution >= 4 is 27.3 Å². The lowest BCUT2D eigenvalue weighted by molar-refractivity contribution is 0.762. The predicted molar refractivity (Wildman–Crippen MR) is 82.5 cm³/mol.